The molecule has 0 bridgehead atoms. The fourth-order valence-electron chi connectivity index (χ4n) is 3.39. The Morgan fingerprint density at radius 3 is 2.25 bits per heavy atom. The molecular weight excluding hydrogens is 367 g/mol. The molecule has 5 rings (SSSR count). The summed E-state index contributed by atoms with van der Waals surface area (Å²) in [6.07, 6.45) is -4.80. The summed E-state index contributed by atoms with van der Waals surface area (Å²) >= 11 is 0. The lowest BCUT2D eigenvalue weighted by molar-refractivity contribution is -0.274. The van der Waals surface area contributed by atoms with E-state index in [1.807, 2.05) is 48.5 Å². The lowest BCUT2D eigenvalue weighted by Crippen LogP contribution is -2.18. The third kappa shape index (κ3) is 2.63. The molecule has 138 valence electrons. The highest BCUT2D eigenvalue weighted by molar-refractivity contribution is 5.98. The van der Waals surface area contributed by atoms with Gasteiger partial charge in [0.2, 0.25) is 0 Å². The molecule has 4 nitrogen and oxygen atoms in total. The Balaban J connectivity index is 1.92. The van der Waals surface area contributed by atoms with Crippen LogP contribution in [0.1, 0.15) is 0 Å². The van der Waals surface area contributed by atoms with Crippen LogP contribution in [0.3, 0.4) is 0 Å². The molecular formula is C21H12F3N3O. The summed E-state index contributed by atoms with van der Waals surface area (Å²) in [7, 11) is 0. The van der Waals surface area contributed by atoms with E-state index >= 15 is 0 Å². The second-order valence-electron chi connectivity index (χ2n) is 6.26. The molecule has 0 saturated carbocycles. The fraction of sp³-hybridized carbons (Fsp3) is 0.0476. The first-order chi connectivity index (χ1) is 13.5. The molecule has 7 heteroatoms. The van der Waals surface area contributed by atoms with Gasteiger partial charge >= 0.3 is 6.36 Å². The Labute approximate surface area is 156 Å². The minimum absolute atomic E-state index is 0.235. The summed E-state index contributed by atoms with van der Waals surface area (Å²) in [5.74, 6) is 0.0270. The standard InChI is InChI=1S/C21H12F3N3O/c22-21(23,24)28-18-12-6-2-8-14(18)20-25-15-9-3-1-7-13(15)19-26-16-10-4-5-11-17(16)27(19)20/h1-12H. The predicted octanol–water partition coefficient (Wildman–Crippen LogP) is 5.60. The quantitative estimate of drug-likeness (QED) is 0.401. The van der Waals surface area contributed by atoms with Crippen LogP contribution in [0.4, 0.5) is 13.2 Å². The highest BCUT2D eigenvalue weighted by atomic mass is 19.4. The molecule has 0 spiro atoms. The van der Waals surface area contributed by atoms with Gasteiger partial charge in [0.25, 0.3) is 0 Å². The van der Waals surface area contributed by atoms with Gasteiger partial charge in [-0.05, 0) is 36.4 Å². The van der Waals surface area contributed by atoms with Crippen LogP contribution in [0.5, 0.6) is 5.75 Å². The third-order valence-corrected chi connectivity index (χ3v) is 4.50. The first kappa shape index (κ1) is 16.6. The normalized spacial score (nSPS) is 12.1. The van der Waals surface area contributed by atoms with Crippen molar-refractivity contribution in [3.05, 3.63) is 72.8 Å². The van der Waals surface area contributed by atoms with E-state index in [-0.39, 0.29) is 11.3 Å². The largest absolute Gasteiger partial charge is 0.573 e. The maximum absolute atomic E-state index is 12.9. The lowest BCUT2D eigenvalue weighted by atomic mass is 10.1. The van der Waals surface area contributed by atoms with Crippen molar-refractivity contribution < 1.29 is 17.9 Å². The van der Waals surface area contributed by atoms with E-state index in [0.29, 0.717) is 17.0 Å². The number of halogens is 3. The smallest absolute Gasteiger partial charge is 0.405 e. The fourth-order valence-corrected chi connectivity index (χ4v) is 3.39. The van der Waals surface area contributed by atoms with Gasteiger partial charge in [-0.15, -0.1) is 13.2 Å². The second-order valence-corrected chi connectivity index (χ2v) is 6.26. The van der Waals surface area contributed by atoms with Gasteiger partial charge in [0, 0.05) is 5.39 Å². The van der Waals surface area contributed by atoms with Crippen LogP contribution < -0.4 is 4.74 Å². The minimum Gasteiger partial charge on any atom is -0.405 e. The average molecular weight is 379 g/mol. The molecule has 5 aromatic rings. The molecule has 0 amide bonds. The summed E-state index contributed by atoms with van der Waals surface area (Å²) in [6.45, 7) is 0. The van der Waals surface area contributed by atoms with Crippen molar-refractivity contribution in [3.8, 4) is 17.1 Å². The number of hydrogen-bond donors (Lipinski definition) is 0. The van der Waals surface area contributed by atoms with Crippen LogP contribution in [-0.4, -0.2) is 20.7 Å². The molecule has 0 saturated heterocycles. The van der Waals surface area contributed by atoms with E-state index < -0.39 is 6.36 Å². The number of alkyl halides is 3. The topological polar surface area (TPSA) is 39.4 Å². The van der Waals surface area contributed by atoms with Gasteiger partial charge in [-0.2, -0.15) is 0 Å². The van der Waals surface area contributed by atoms with Crippen LogP contribution in [-0.2, 0) is 0 Å². The molecule has 28 heavy (non-hydrogen) atoms. The zero-order chi connectivity index (χ0) is 19.3. The van der Waals surface area contributed by atoms with Crippen LogP contribution in [0.2, 0.25) is 0 Å². The molecule has 0 aliphatic carbocycles. The van der Waals surface area contributed by atoms with Gasteiger partial charge in [-0.1, -0.05) is 36.4 Å². The van der Waals surface area contributed by atoms with Crippen LogP contribution in [0.15, 0.2) is 72.8 Å². The Hall–Kier alpha value is -3.61. The maximum Gasteiger partial charge on any atom is 0.573 e. The van der Waals surface area contributed by atoms with E-state index in [9.17, 15) is 13.2 Å². The number of benzene rings is 3. The number of rotatable bonds is 2. The molecule has 0 radical (unpaired) electrons. The van der Waals surface area contributed by atoms with Gasteiger partial charge in [-0.25, -0.2) is 9.97 Å². The summed E-state index contributed by atoms with van der Waals surface area (Å²) in [6, 6.07) is 20.9. The molecule has 0 N–H and O–H groups in total. The van der Waals surface area contributed by atoms with Crippen molar-refractivity contribution in [1.82, 2.24) is 14.4 Å². The summed E-state index contributed by atoms with van der Waals surface area (Å²) in [5.41, 5.74) is 2.99. The van der Waals surface area contributed by atoms with Crippen molar-refractivity contribution in [2.75, 3.05) is 0 Å². The molecule has 2 aromatic heterocycles. The zero-order valence-corrected chi connectivity index (χ0v) is 14.3. The van der Waals surface area contributed by atoms with Crippen molar-refractivity contribution >= 4 is 27.6 Å². The summed E-state index contributed by atoms with van der Waals surface area (Å²) < 4.78 is 44.8. The predicted molar refractivity (Wildman–Crippen MR) is 100 cm³/mol. The van der Waals surface area contributed by atoms with Gasteiger partial charge in [0.05, 0.1) is 22.1 Å². The monoisotopic (exact) mass is 379 g/mol. The number of fused-ring (bicyclic) bond motifs is 5. The van der Waals surface area contributed by atoms with E-state index in [4.69, 9.17) is 4.98 Å². The summed E-state index contributed by atoms with van der Waals surface area (Å²) in [5, 5.41) is 0.816. The molecule has 0 aliphatic heterocycles. The van der Waals surface area contributed by atoms with E-state index in [2.05, 4.69) is 9.72 Å². The van der Waals surface area contributed by atoms with Gasteiger partial charge in [0.15, 0.2) is 5.82 Å². The second kappa shape index (κ2) is 5.95. The zero-order valence-electron chi connectivity index (χ0n) is 14.3. The Bertz CT molecular complexity index is 1340. The van der Waals surface area contributed by atoms with Crippen molar-refractivity contribution in [2.24, 2.45) is 0 Å². The molecule has 0 unspecified atom stereocenters. The molecule has 2 heterocycles. The number of hydrogen-bond acceptors (Lipinski definition) is 3. The van der Waals surface area contributed by atoms with Gasteiger partial charge in [0.1, 0.15) is 11.4 Å². The maximum atomic E-state index is 12.9. The minimum atomic E-state index is -4.80. The SMILES string of the molecule is FC(F)(F)Oc1ccccc1-c1nc2ccccc2c2nc3ccccc3n12. The third-order valence-electron chi connectivity index (χ3n) is 4.50. The number of nitrogens with zero attached hydrogens (tertiary/aromatic N) is 3. The molecule has 0 atom stereocenters. The number of para-hydroxylation sites is 4. The average Bonchev–Trinajstić information content (AvgIpc) is 3.07. The Morgan fingerprint density at radius 2 is 1.43 bits per heavy atom. The highest BCUT2D eigenvalue weighted by Gasteiger charge is 2.32. The summed E-state index contributed by atoms with van der Waals surface area (Å²) in [4.78, 5) is 9.36. The van der Waals surface area contributed by atoms with E-state index in [0.717, 1.165) is 16.4 Å². The van der Waals surface area contributed by atoms with Gasteiger partial charge in [-0.3, -0.25) is 4.40 Å². The highest BCUT2D eigenvalue weighted by Crippen LogP contribution is 2.36. The van der Waals surface area contributed by atoms with Crippen LogP contribution in [0.25, 0.3) is 39.0 Å². The molecule has 0 aliphatic rings. The van der Waals surface area contributed by atoms with Crippen LogP contribution in [0, 0.1) is 0 Å². The van der Waals surface area contributed by atoms with Crippen molar-refractivity contribution in [1.29, 1.82) is 0 Å². The van der Waals surface area contributed by atoms with E-state index in [1.165, 1.54) is 12.1 Å². The van der Waals surface area contributed by atoms with E-state index in [1.54, 1.807) is 16.5 Å². The first-order valence-electron chi connectivity index (χ1n) is 8.52. The first-order valence-corrected chi connectivity index (χ1v) is 8.52. The number of imidazole rings is 1. The number of ether oxygens (including phenoxy) is 1. The van der Waals surface area contributed by atoms with Crippen molar-refractivity contribution in [2.45, 2.75) is 6.36 Å². The lowest BCUT2D eigenvalue weighted by Gasteiger charge is -2.14. The van der Waals surface area contributed by atoms with Crippen LogP contribution >= 0.6 is 0 Å². The number of aromatic nitrogens is 3. The molecule has 3 aromatic carbocycles. The van der Waals surface area contributed by atoms with Gasteiger partial charge < -0.3 is 4.74 Å². The molecule has 0 fully saturated rings. The Kier molecular flexibility index (Phi) is 3.52. The Morgan fingerprint density at radius 1 is 0.750 bits per heavy atom. The van der Waals surface area contributed by atoms with Crippen molar-refractivity contribution in [3.63, 3.8) is 0 Å².